The van der Waals surface area contributed by atoms with E-state index >= 15 is 0 Å². The van der Waals surface area contributed by atoms with E-state index in [4.69, 9.17) is 0 Å². The first kappa shape index (κ1) is 21.5. The Morgan fingerprint density at radius 2 is 1.62 bits per heavy atom. The monoisotopic (exact) mass is 432 g/mol. The largest absolute Gasteiger partial charge is 0.465 e. The molecule has 1 aliphatic heterocycles. The smallest absolute Gasteiger partial charge is 0.409 e. The molecule has 2 N–H and O–H groups in total. The first-order valence-electron chi connectivity index (χ1n) is 12.5. The van der Waals surface area contributed by atoms with E-state index in [-0.39, 0.29) is 0 Å². The van der Waals surface area contributed by atoms with Gasteiger partial charge < -0.3 is 5.11 Å². The third-order valence-electron chi connectivity index (χ3n) is 8.29. The van der Waals surface area contributed by atoms with Crippen LogP contribution in [0.2, 0.25) is 0 Å². The molecule has 4 nitrogen and oxygen atoms in total. The van der Waals surface area contributed by atoms with Crippen LogP contribution in [0.4, 0.5) is 10.5 Å². The Morgan fingerprint density at radius 1 is 0.906 bits per heavy atom. The van der Waals surface area contributed by atoms with Crippen molar-refractivity contribution >= 4 is 11.8 Å². The zero-order valence-electron chi connectivity index (χ0n) is 19.0. The van der Waals surface area contributed by atoms with E-state index in [1.165, 1.54) is 68.3 Å². The van der Waals surface area contributed by atoms with Crippen molar-refractivity contribution in [3.05, 3.63) is 65.2 Å². The van der Waals surface area contributed by atoms with Crippen molar-refractivity contribution in [1.29, 1.82) is 0 Å². The zero-order valence-corrected chi connectivity index (χ0v) is 19.0. The van der Waals surface area contributed by atoms with Crippen LogP contribution in [0.15, 0.2) is 48.5 Å². The molecule has 1 heterocycles. The van der Waals surface area contributed by atoms with Gasteiger partial charge in [0, 0.05) is 25.3 Å². The summed E-state index contributed by atoms with van der Waals surface area (Å²) in [5, 5.41) is 12.1. The van der Waals surface area contributed by atoms with E-state index in [2.05, 4.69) is 46.6 Å². The van der Waals surface area contributed by atoms with Crippen LogP contribution >= 0.6 is 0 Å². The minimum absolute atomic E-state index is 0.704. The minimum atomic E-state index is -0.955. The molecule has 2 atom stereocenters. The Kier molecular flexibility index (Phi) is 6.49. The van der Waals surface area contributed by atoms with Gasteiger partial charge in [0.25, 0.3) is 0 Å². The van der Waals surface area contributed by atoms with Crippen LogP contribution in [-0.2, 0) is 19.4 Å². The lowest BCUT2D eigenvalue weighted by molar-refractivity contribution is 0.103. The molecular formula is C28H36N2O2. The third-order valence-corrected chi connectivity index (χ3v) is 8.29. The molecule has 4 heteroatoms. The van der Waals surface area contributed by atoms with Gasteiger partial charge in [-0.1, -0.05) is 68.1 Å². The van der Waals surface area contributed by atoms with E-state index in [9.17, 15) is 9.90 Å². The van der Waals surface area contributed by atoms with Crippen LogP contribution < -0.4 is 5.32 Å². The van der Waals surface area contributed by atoms with Gasteiger partial charge in [0.1, 0.15) is 0 Å². The maximum absolute atomic E-state index is 11.4. The molecule has 2 aromatic rings. The number of likely N-dealkylation sites (tertiary alicyclic amines) is 1. The standard InChI is InChI=1S/C28H36N2O2/c31-28(32)29-27-12-6-11-22(26(27)15-20-7-4-5-8-20)16-25-23-13-14-24(25)19-30(18-23)17-21-9-2-1-3-10-21/h1-3,6,9-12,20,23-25,29H,4-5,7-8,13-19H2,(H,31,32). The maximum atomic E-state index is 11.4. The van der Waals surface area contributed by atoms with Crippen LogP contribution in [0.3, 0.4) is 0 Å². The highest BCUT2D eigenvalue weighted by Gasteiger charge is 2.42. The Morgan fingerprint density at radius 3 is 2.31 bits per heavy atom. The molecule has 170 valence electrons. The van der Waals surface area contributed by atoms with Crippen molar-refractivity contribution in [1.82, 2.24) is 4.90 Å². The number of rotatable bonds is 7. The van der Waals surface area contributed by atoms with E-state index in [1.807, 2.05) is 12.1 Å². The van der Waals surface area contributed by atoms with Crippen LogP contribution in [-0.4, -0.2) is 29.2 Å². The van der Waals surface area contributed by atoms with Crippen LogP contribution in [0.1, 0.15) is 55.2 Å². The van der Waals surface area contributed by atoms with Gasteiger partial charge in [-0.3, -0.25) is 10.2 Å². The number of amides is 1. The average Bonchev–Trinajstić information content (AvgIpc) is 3.36. The van der Waals surface area contributed by atoms with Gasteiger partial charge >= 0.3 is 6.09 Å². The van der Waals surface area contributed by atoms with Crippen molar-refractivity contribution < 1.29 is 9.90 Å². The summed E-state index contributed by atoms with van der Waals surface area (Å²) < 4.78 is 0. The molecular weight excluding hydrogens is 396 g/mol. The zero-order chi connectivity index (χ0) is 21.9. The lowest BCUT2D eigenvalue weighted by atomic mass is 9.78. The summed E-state index contributed by atoms with van der Waals surface area (Å²) in [6, 6.07) is 17.1. The number of benzene rings is 2. The number of carbonyl (C=O) groups is 1. The molecule has 0 spiro atoms. The van der Waals surface area contributed by atoms with Gasteiger partial charge in [0.15, 0.2) is 0 Å². The Labute approximate surface area is 192 Å². The maximum Gasteiger partial charge on any atom is 0.409 e. The summed E-state index contributed by atoms with van der Waals surface area (Å²) in [5.74, 6) is 2.94. The number of anilines is 1. The van der Waals surface area contributed by atoms with Gasteiger partial charge in [-0.25, -0.2) is 4.79 Å². The lowest BCUT2D eigenvalue weighted by Crippen LogP contribution is -2.42. The van der Waals surface area contributed by atoms with Crippen molar-refractivity contribution in [2.75, 3.05) is 18.4 Å². The summed E-state index contributed by atoms with van der Waals surface area (Å²) in [6.07, 6.45) is 9.05. The molecule has 32 heavy (non-hydrogen) atoms. The van der Waals surface area contributed by atoms with Crippen molar-refractivity contribution in [2.24, 2.45) is 23.7 Å². The number of hydrogen-bond donors (Lipinski definition) is 2. The quantitative estimate of drug-likeness (QED) is 0.547. The molecule has 3 aliphatic rings. The van der Waals surface area contributed by atoms with Crippen LogP contribution in [0.5, 0.6) is 0 Å². The third kappa shape index (κ3) is 4.85. The predicted molar refractivity (Wildman–Crippen MR) is 129 cm³/mol. The van der Waals surface area contributed by atoms with Gasteiger partial charge in [-0.05, 0) is 72.1 Å². The summed E-state index contributed by atoms with van der Waals surface area (Å²) >= 11 is 0. The summed E-state index contributed by atoms with van der Waals surface area (Å²) in [6.45, 7) is 3.45. The SMILES string of the molecule is O=C(O)Nc1cccc(CC2C3CCC2CN(Cc2ccccc2)C3)c1CC1CCCC1. The number of nitrogens with one attached hydrogen (secondary N) is 1. The fourth-order valence-corrected chi connectivity index (χ4v) is 6.79. The van der Waals surface area contributed by atoms with Gasteiger partial charge in [0.2, 0.25) is 0 Å². The Balaban J connectivity index is 1.32. The average molecular weight is 433 g/mol. The second-order valence-electron chi connectivity index (χ2n) is 10.4. The fraction of sp³-hybridized carbons (Fsp3) is 0.536. The van der Waals surface area contributed by atoms with Crippen LogP contribution in [0.25, 0.3) is 0 Å². The van der Waals surface area contributed by atoms with E-state index in [0.29, 0.717) is 5.92 Å². The molecule has 1 amide bonds. The topological polar surface area (TPSA) is 52.6 Å². The van der Waals surface area contributed by atoms with Crippen molar-refractivity contribution in [2.45, 2.75) is 57.9 Å². The van der Waals surface area contributed by atoms with E-state index in [0.717, 1.165) is 42.8 Å². The lowest BCUT2D eigenvalue weighted by Gasteiger charge is -2.38. The second kappa shape index (κ2) is 9.66. The van der Waals surface area contributed by atoms with Gasteiger partial charge in [-0.15, -0.1) is 0 Å². The molecule has 2 aliphatic carbocycles. The highest BCUT2D eigenvalue weighted by Crippen LogP contribution is 2.45. The molecule has 3 fully saturated rings. The highest BCUT2D eigenvalue weighted by molar-refractivity contribution is 5.84. The van der Waals surface area contributed by atoms with Gasteiger partial charge in [0.05, 0.1) is 0 Å². The highest BCUT2D eigenvalue weighted by atomic mass is 16.4. The molecule has 0 aromatic heterocycles. The predicted octanol–water partition coefficient (Wildman–Crippen LogP) is 6.21. The van der Waals surface area contributed by atoms with Crippen LogP contribution in [0, 0.1) is 23.7 Å². The first-order valence-corrected chi connectivity index (χ1v) is 12.5. The first-order chi connectivity index (χ1) is 15.7. The summed E-state index contributed by atoms with van der Waals surface area (Å²) in [4.78, 5) is 14.1. The molecule has 2 unspecified atom stereocenters. The second-order valence-corrected chi connectivity index (χ2v) is 10.4. The molecule has 2 aromatic carbocycles. The normalized spacial score (nSPS) is 25.8. The van der Waals surface area contributed by atoms with Crippen molar-refractivity contribution in [3.8, 4) is 0 Å². The summed E-state index contributed by atoms with van der Waals surface area (Å²) in [7, 11) is 0. The Hall–Kier alpha value is -2.33. The molecule has 5 rings (SSSR count). The molecule has 1 saturated heterocycles. The minimum Gasteiger partial charge on any atom is -0.465 e. The number of carboxylic acid groups (broad SMARTS) is 1. The van der Waals surface area contributed by atoms with Crippen molar-refractivity contribution in [3.63, 3.8) is 0 Å². The molecule has 2 saturated carbocycles. The number of fused-ring (bicyclic) bond motifs is 2. The number of hydrogen-bond acceptors (Lipinski definition) is 2. The Bertz CT molecular complexity index is 908. The fourth-order valence-electron chi connectivity index (χ4n) is 6.79. The molecule has 2 bridgehead atoms. The number of piperidine rings is 1. The van der Waals surface area contributed by atoms with E-state index < -0.39 is 6.09 Å². The number of nitrogens with zero attached hydrogens (tertiary/aromatic N) is 1. The molecule has 0 radical (unpaired) electrons. The van der Waals surface area contributed by atoms with E-state index in [1.54, 1.807) is 0 Å². The van der Waals surface area contributed by atoms with Gasteiger partial charge in [-0.2, -0.15) is 0 Å². The summed E-state index contributed by atoms with van der Waals surface area (Å²) in [5.41, 5.74) is 4.89.